The lowest BCUT2D eigenvalue weighted by Crippen LogP contribution is -1.95. The quantitative estimate of drug-likeness (QED) is 0.753. The Hall–Kier alpha value is -0.540. The van der Waals surface area contributed by atoms with Gasteiger partial charge in [-0.2, -0.15) is 0 Å². The van der Waals surface area contributed by atoms with Crippen LogP contribution in [0, 0.1) is 5.82 Å². The lowest BCUT2D eigenvalue weighted by Gasteiger charge is -2.06. The molecule has 3 heteroatoms. The Kier molecular flexibility index (Phi) is 4.25. The van der Waals surface area contributed by atoms with Crippen LogP contribution in [0.25, 0.3) is 0 Å². The molecule has 0 saturated heterocycles. The molecule has 0 amide bonds. The minimum absolute atomic E-state index is 0.113. The maximum absolute atomic E-state index is 13.3. The first kappa shape index (κ1) is 10.5. The Morgan fingerprint density at radius 2 is 2.23 bits per heavy atom. The zero-order chi connectivity index (χ0) is 9.68. The minimum atomic E-state index is -0.166. The fourth-order valence-electron chi connectivity index (χ4n) is 1.23. The molecule has 1 aromatic carbocycles. The summed E-state index contributed by atoms with van der Waals surface area (Å²) in [5.41, 5.74) is 0.726. The number of benzene rings is 1. The Balaban J connectivity index is 2.87. The molecule has 0 saturated carbocycles. The van der Waals surface area contributed by atoms with E-state index in [1.54, 1.807) is 6.07 Å². The van der Waals surface area contributed by atoms with Gasteiger partial charge in [-0.05, 0) is 31.2 Å². The topological polar surface area (TPSA) is 20.2 Å². The zero-order valence-electron chi connectivity index (χ0n) is 7.59. The summed E-state index contributed by atoms with van der Waals surface area (Å²) >= 11 is 1.54. The number of aliphatic hydroxyl groups excluding tert-OH is 1. The van der Waals surface area contributed by atoms with Crippen molar-refractivity contribution in [2.24, 2.45) is 0 Å². The van der Waals surface area contributed by atoms with Gasteiger partial charge in [0.1, 0.15) is 5.82 Å². The van der Waals surface area contributed by atoms with E-state index < -0.39 is 0 Å². The van der Waals surface area contributed by atoms with E-state index in [1.165, 1.54) is 17.8 Å². The highest BCUT2D eigenvalue weighted by atomic mass is 32.2. The van der Waals surface area contributed by atoms with E-state index in [-0.39, 0.29) is 12.4 Å². The van der Waals surface area contributed by atoms with Gasteiger partial charge in [0, 0.05) is 17.1 Å². The number of halogens is 1. The molecule has 0 aliphatic carbocycles. The van der Waals surface area contributed by atoms with Gasteiger partial charge in [-0.15, -0.1) is 11.8 Å². The van der Waals surface area contributed by atoms with Crippen molar-refractivity contribution in [2.75, 3.05) is 12.9 Å². The summed E-state index contributed by atoms with van der Waals surface area (Å²) in [5, 5.41) is 8.65. The minimum Gasteiger partial charge on any atom is -0.396 e. The second kappa shape index (κ2) is 5.25. The predicted molar refractivity (Wildman–Crippen MR) is 53.6 cm³/mol. The molecule has 0 fully saturated rings. The summed E-state index contributed by atoms with van der Waals surface area (Å²) in [4.78, 5) is 0.966. The SMILES string of the molecule is CSc1cccc(F)c1CCCO. The molecule has 13 heavy (non-hydrogen) atoms. The molecule has 1 rings (SSSR count). The lowest BCUT2D eigenvalue weighted by atomic mass is 10.1. The van der Waals surface area contributed by atoms with Crippen LogP contribution < -0.4 is 0 Å². The molecule has 0 radical (unpaired) electrons. The molecule has 1 aromatic rings. The molecular formula is C10H13FOS. The third kappa shape index (κ3) is 2.71. The van der Waals surface area contributed by atoms with Crippen LogP contribution in [-0.4, -0.2) is 18.0 Å². The van der Waals surface area contributed by atoms with Gasteiger partial charge in [-0.25, -0.2) is 4.39 Å². The molecule has 0 aliphatic rings. The summed E-state index contributed by atoms with van der Waals surface area (Å²) in [6.45, 7) is 0.113. The highest BCUT2D eigenvalue weighted by Gasteiger charge is 2.06. The Morgan fingerprint density at radius 1 is 1.46 bits per heavy atom. The summed E-state index contributed by atoms with van der Waals surface area (Å²) in [6.07, 6.45) is 3.16. The molecule has 1 nitrogen and oxygen atoms in total. The fourth-order valence-corrected chi connectivity index (χ4v) is 1.89. The number of hydrogen-bond donors (Lipinski definition) is 1. The van der Waals surface area contributed by atoms with Gasteiger partial charge in [-0.1, -0.05) is 6.07 Å². The first-order chi connectivity index (χ1) is 6.29. The first-order valence-corrected chi connectivity index (χ1v) is 5.44. The van der Waals surface area contributed by atoms with Crippen LogP contribution in [0.1, 0.15) is 12.0 Å². The summed E-state index contributed by atoms with van der Waals surface area (Å²) in [5.74, 6) is -0.166. The van der Waals surface area contributed by atoms with Crippen molar-refractivity contribution in [2.45, 2.75) is 17.7 Å². The second-order valence-electron chi connectivity index (χ2n) is 2.75. The molecule has 0 bridgehead atoms. The average Bonchev–Trinajstić information content (AvgIpc) is 2.15. The van der Waals surface area contributed by atoms with Crippen LogP contribution in [-0.2, 0) is 6.42 Å². The van der Waals surface area contributed by atoms with Gasteiger partial charge in [0.2, 0.25) is 0 Å². The molecule has 0 heterocycles. The van der Waals surface area contributed by atoms with Crippen LogP contribution in [0.5, 0.6) is 0 Å². The van der Waals surface area contributed by atoms with Gasteiger partial charge in [0.15, 0.2) is 0 Å². The maximum Gasteiger partial charge on any atom is 0.127 e. The predicted octanol–water partition coefficient (Wildman–Crippen LogP) is 2.47. The maximum atomic E-state index is 13.3. The molecule has 0 atom stereocenters. The highest BCUT2D eigenvalue weighted by molar-refractivity contribution is 7.98. The third-order valence-electron chi connectivity index (χ3n) is 1.88. The normalized spacial score (nSPS) is 10.4. The van der Waals surface area contributed by atoms with Crippen molar-refractivity contribution in [3.63, 3.8) is 0 Å². The number of thioether (sulfide) groups is 1. The van der Waals surface area contributed by atoms with Crippen LogP contribution in [0.15, 0.2) is 23.1 Å². The Bertz CT molecular complexity index is 276. The van der Waals surface area contributed by atoms with Gasteiger partial charge >= 0.3 is 0 Å². The summed E-state index contributed by atoms with van der Waals surface area (Å²) < 4.78 is 13.3. The number of rotatable bonds is 4. The number of hydrogen-bond acceptors (Lipinski definition) is 2. The van der Waals surface area contributed by atoms with Crippen molar-refractivity contribution < 1.29 is 9.50 Å². The molecule has 0 aliphatic heterocycles. The van der Waals surface area contributed by atoms with E-state index in [2.05, 4.69) is 0 Å². The van der Waals surface area contributed by atoms with E-state index in [1.807, 2.05) is 12.3 Å². The molecular weight excluding hydrogens is 187 g/mol. The first-order valence-electron chi connectivity index (χ1n) is 4.22. The largest absolute Gasteiger partial charge is 0.396 e. The van der Waals surface area contributed by atoms with E-state index in [4.69, 9.17) is 5.11 Å². The van der Waals surface area contributed by atoms with Crippen molar-refractivity contribution in [3.05, 3.63) is 29.6 Å². The van der Waals surface area contributed by atoms with Gasteiger partial charge in [0.25, 0.3) is 0 Å². The smallest absolute Gasteiger partial charge is 0.127 e. The monoisotopic (exact) mass is 200 g/mol. The lowest BCUT2D eigenvalue weighted by molar-refractivity contribution is 0.287. The Morgan fingerprint density at radius 3 is 2.85 bits per heavy atom. The van der Waals surface area contributed by atoms with E-state index >= 15 is 0 Å². The van der Waals surface area contributed by atoms with Crippen LogP contribution in [0.4, 0.5) is 4.39 Å². The van der Waals surface area contributed by atoms with E-state index in [9.17, 15) is 4.39 Å². The molecule has 0 unspecified atom stereocenters. The van der Waals surface area contributed by atoms with Crippen LogP contribution in [0.2, 0.25) is 0 Å². The zero-order valence-corrected chi connectivity index (χ0v) is 8.40. The molecule has 72 valence electrons. The van der Waals surface area contributed by atoms with Crippen molar-refractivity contribution in [3.8, 4) is 0 Å². The summed E-state index contributed by atoms with van der Waals surface area (Å²) in [6, 6.07) is 5.08. The van der Waals surface area contributed by atoms with Gasteiger partial charge in [-0.3, -0.25) is 0 Å². The molecule has 0 spiro atoms. The average molecular weight is 200 g/mol. The van der Waals surface area contributed by atoms with Crippen LogP contribution >= 0.6 is 11.8 Å². The van der Waals surface area contributed by atoms with Crippen LogP contribution in [0.3, 0.4) is 0 Å². The van der Waals surface area contributed by atoms with Crippen molar-refractivity contribution in [1.82, 2.24) is 0 Å². The third-order valence-corrected chi connectivity index (χ3v) is 2.70. The second-order valence-corrected chi connectivity index (χ2v) is 3.60. The molecule has 0 aromatic heterocycles. The fraction of sp³-hybridized carbons (Fsp3) is 0.400. The van der Waals surface area contributed by atoms with Crippen molar-refractivity contribution >= 4 is 11.8 Å². The van der Waals surface area contributed by atoms with Crippen molar-refractivity contribution in [1.29, 1.82) is 0 Å². The number of aliphatic hydroxyl groups is 1. The highest BCUT2D eigenvalue weighted by Crippen LogP contribution is 2.23. The standard InChI is InChI=1S/C10H13FOS/c1-13-10-6-2-5-9(11)8(10)4-3-7-12/h2,5-6,12H,3-4,7H2,1H3. The molecule has 1 N–H and O–H groups in total. The van der Waals surface area contributed by atoms with E-state index in [0.29, 0.717) is 12.8 Å². The Labute approximate surface area is 82.0 Å². The summed E-state index contributed by atoms with van der Waals surface area (Å²) in [7, 11) is 0. The van der Waals surface area contributed by atoms with Gasteiger partial charge in [0.05, 0.1) is 0 Å². The van der Waals surface area contributed by atoms with E-state index in [0.717, 1.165) is 10.5 Å². The van der Waals surface area contributed by atoms with Gasteiger partial charge < -0.3 is 5.11 Å².